The van der Waals surface area contributed by atoms with E-state index >= 15 is 0 Å². The van der Waals surface area contributed by atoms with Crippen LogP contribution in [0, 0.1) is 0 Å². The lowest BCUT2D eigenvalue weighted by atomic mass is 10.1. The average molecular weight is 221 g/mol. The van der Waals surface area contributed by atoms with E-state index in [-0.39, 0.29) is 0 Å². The summed E-state index contributed by atoms with van der Waals surface area (Å²) in [5.74, 6) is 0. The second-order valence-electron chi connectivity index (χ2n) is 4.14. The summed E-state index contributed by atoms with van der Waals surface area (Å²) in [4.78, 5) is 6.54. The van der Waals surface area contributed by atoms with Crippen LogP contribution in [0.1, 0.15) is 12.8 Å². The molecule has 1 aromatic heterocycles. The minimum atomic E-state index is 0.572. The summed E-state index contributed by atoms with van der Waals surface area (Å²) in [5, 5.41) is 3.11. The van der Waals surface area contributed by atoms with E-state index in [9.17, 15) is 0 Å². The number of nitrogens with zero attached hydrogens (tertiary/aromatic N) is 2. The Kier molecular flexibility index (Phi) is 3.62. The maximum atomic E-state index is 5.38. The van der Waals surface area contributed by atoms with E-state index in [0.29, 0.717) is 6.04 Å². The SMILES string of the molecule is CNc1cncc(N(C)C2CCOCC2)c1. The van der Waals surface area contributed by atoms with Crippen LogP contribution in [0.3, 0.4) is 0 Å². The Hall–Kier alpha value is -1.29. The molecule has 16 heavy (non-hydrogen) atoms. The van der Waals surface area contributed by atoms with E-state index < -0.39 is 0 Å². The highest BCUT2D eigenvalue weighted by molar-refractivity contribution is 5.55. The third-order valence-corrected chi connectivity index (χ3v) is 3.16. The van der Waals surface area contributed by atoms with Crippen molar-refractivity contribution in [3.8, 4) is 0 Å². The predicted molar refractivity (Wildman–Crippen MR) is 66.0 cm³/mol. The summed E-state index contributed by atoms with van der Waals surface area (Å²) in [6, 6.07) is 2.70. The van der Waals surface area contributed by atoms with Crippen LogP contribution in [-0.4, -0.2) is 38.3 Å². The van der Waals surface area contributed by atoms with Gasteiger partial charge in [0.2, 0.25) is 0 Å². The molecule has 0 atom stereocenters. The van der Waals surface area contributed by atoms with Crippen molar-refractivity contribution >= 4 is 11.4 Å². The Balaban J connectivity index is 2.09. The smallest absolute Gasteiger partial charge is 0.0573 e. The van der Waals surface area contributed by atoms with E-state index in [1.54, 1.807) is 0 Å². The number of anilines is 2. The van der Waals surface area contributed by atoms with Gasteiger partial charge >= 0.3 is 0 Å². The molecule has 0 aromatic carbocycles. The Labute approximate surface area is 96.6 Å². The molecule has 0 aliphatic carbocycles. The molecule has 2 rings (SSSR count). The lowest BCUT2D eigenvalue weighted by Crippen LogP contribution is -2.36. The van der Waals surface area contributed by atoms with Gasteiger partial charge in [-0.3, -0.25) is 4.98 Å². The van der Waals surface area contributed by atoms with Gasteiger partial charge in [0.05, 0.1) is 23.8 Å². The number of hydrogen-bond acceptors (Lipinski definition) is 4. The molecule has 88 valence electrons. The number of aromatic nitrogens is 1. The van der Waals surface area contributed by atoms with Crippen molar-refractivity contribution in [1.29, 1.82) is 0 Å². The van der Waals surface area contributed by atoms with Crippen molar-refractivity contribution < 1.29 is 4.74 Å². The van der Waals surface area contributed by atoms with Crippen molar-refractivity contribution in [1.82, 2.24) is 4.98 Å². The van der Waals surface area contributed by atoms with Crippen LogP contribution in [0.25, 0.3) is 0 Å². The Morgan fingerprint density at radius 2 is 2.12 bits per heavy atom. The summed E-state index contributed by atoms with van der Waals surface area (Å²) < 4.78 is 5.38. The molecule has 0 bridgehead atoms. The Morgan fingerprint density at radius 3 is 2.81 bits per heavy atom. The zero-order valence-electron chi connectivity index (χ0n) is 9.94. The summed E-state index contributed by atoms with van der Waals surface area (Å²) in [6.45, 7) is 1.74. The van der Waals surface area contributed by atoms with Crippen LogP contribution in [0.15, 0.2) is 18.5 Å². The zero-order chi connectivity index (χ0) is 11.4. The molecule has 0 radical (unpaired) electrons. The van der Waals surface area contributed by atoms with Gasteiger partial charge in [-0.25, -0.2) is 0 Å². The number of hydrogen-bond donors (Lipinski definition) is 1. The van der Waals surface area contributed by atoms with Gasteiger partial charge in [0.1, 0.15) is 0 Å². The summed E-state index contributed by atoms with van der Waals surface area (Å²) in [5.41, 5.74) is 2.22. The average Bonchev–Trinajstić information content (AvgIpc) is 2.39. The Morgan fingerprint density at radius 1 is 1.38 bits per heavy atom. The standard InChI is InChI=1S/C12H19N3O/c1-13-10-7-12(9-14-8-10)15(2)11-3-5-16-6-4-11/h7-9,11,13H,3-6H2,1-2H3. The van der Waals surface area contributed by atoms with Gasteiger partial charge in [0, 0.05) is 33.4 Å². The number of pyridine rings is 1. The molecule has 1 aliphatic rings. The molecule has 0 unspecified atom stereocenters. The lowest BCUT2D eigenvalue weighted by molar-refractivity contribution is 0.0855. The predicted octanol–water partition coefficient (Wildman–Crippen LogP) is 1.74. The number of nitrogens with one attached hydrogen (secondary N) is 1. The fraction of sp³-hybridized carbons (Fsp3) is 0.583. The lowest BCUT2D eigenvalue weighted by Gasteiger charge is -2.32. The van der Waals surface area contributed by atoms with Gasteiger partial charge in [0.25, 0.3) is 0 Å². The maximum Gasteiger partial charge on any atom is 0.0573 e. The third-order valence-electron chi connectivity index (χ3n) is 3.16. The first-order chi connectivity index (χ1) is 7.81. The monoisotopic (exact) mass is 221 g/mol. The van der Waals surface area contributed by atoms with Gasteiger partial charge in [-0.05, 0) is 18.9 Å². The van der Waals surface area contributed by atoms with E-state index in [1.807, 2.05) is 19.4 Å². The molecule has 0 spiro atoms. The minimum absolute atomic E-state index is 0.572. The Bertz CT molecular complexity index is 337. The normalized spacial score (nSPS) is 17.1. The fourth-order valence-electron chi connectivity index (χ4n) is 2.04. The molecule has 1 aromatic rings. The van der Waals surface area contributed by atoms with E-state index in [4.69, 9.17) is 4.74 Å². The highest BCUT2D eigenvalue weighted by Gasteiger charge is 2.18. The van der Waals surface area contributed by atoms with Crippen molar-refractivity contribution in [2.75, 3.05) is 37.5 Å². The molecule has 1 aliphatic heterocycles. The largest absolute Gasteiger partial charge is 0.387 e. The summed E-state index contributed by atoms with van der Waals surface area (Å²) >= 11 is 0. The highest BCUT2D eigenvalue weighted by Crippen LogP contribution is 2.22. The summed E-state index contributed by atoms with van der Waals surface area (Å²) in [7, 11) is 4.04. The van der Waals surface area contributed by atoms with Crippen molar-refractivity contribution in [3.05, 3.63) is 18.5 Å². The van der Waals surface area contributed by atoms with Crippen LogP contribution in [0.2, 0.25) is 0 Å². The fourth-order valence-corrected chi connectivity index (χ4v) is 2.04. The van der Waals surface area contributed by atoms with Gasteiger partial charge in [0.15, 0.2) is 0 Å². The first-order valence-corrected chi connectivity index (χ1v) is 5.74. The van der Waals surface area contributed by atoms with Crippen molar-refractivity contribution in [2.45, 2.75) is 18.9 Å². The van der Waals surface area contributed by atoms with Crippen LogP contribution >= 0.6 is 0 Å². The van der Waals surface area contributed by atoms with Crippen LogP contribution in [0.4, 0.5) is 11.4 Å². The van der Waals surface area contributed by atoms with Crippen LogP contribution in [-0.2, 0) is 4.74 Å². The molecule has 1 fully saturated rings. The second kappa shape index (κ2) is 5.16. The van der Waals surface area contributed by atoms with Gasteiger partial charge in [-0.15, -0.1) is 0 Å². The maximum absolute atomic E-state index is 5.38. The highest BCUT2D eigenvalue weighted by atomic mass is 16.5. The molecule has 1 N–H and O–H groups in total. The first kappa shape index (κ1) is 11.2. The van der Waals surface area contributed by atoms with Gasteiger partial charge in [-0.1, -0.05) is 0 Å². The van der Waals surface area contributed by atoms with E-state index in [0.717, 1.165) is 31.7 Å². The van der Waals surface area contributed by atoms with Gasteiger partial charge < -0.3 is 15.0 Å². The minimum Gasteiger partial charge on any atom is -0.387 e. The molecular formula is C12H19N3O. The molecule has 0 saturated carbocycles. The molecule has 2 heterocycles. The molecule has 4 heteroatoms. The van der Waals surface area contributed by atoms with Crippen molar-refractivity contribution in [2.24, 2.45) is 0 Å². The van der Waals surface area contributed by atoms with E-state index in [2.05, 4.69) is 28.3 Å². The number of ether oxygens (including phenoxy) is 1. The molecule has 1 saturated heterocycles. The summed E-state index contributed by atoms with van der Waals surface area (Å²) in [6.07, 6.45) is 5.94. The second-order valence-corrected chi connectivity index (χ2v) is 4.14. The molecule has 0 amide bonds. The quantitative estimate of drug-likeness (QED) is 0.843. The zero-order valence-corrected chi connectivity index (χ0v) is 9.94. The van der Waals surface area contributed by atoms with Crippen LogP contribution < -0.4 is 10.2 Å². The molecule has 4 nitrogen and oxygen atoms in total. The molecular weight excluding hydrogens is 202 g/mol. The first-order valence-electron chi connectivity index (χ1n) is 5.74. The number of rotatable bonds is 3. The van der Waals surface area contributed by atoms with Gasteiger partial charge in [-0.2, -0.15) is 0 Å². The topological polar surface area (TPSA) is 37.4 Å². The van der Waals surface area contributed by atoms with Crippen LogP contribution in [0.5, 0.6) is 0 Å². The van der Waals surface area contributed by atoms with Crippen molar-refractivity contribution in [3.63, 3.8) is 0 Å². The van der Waals surface area contributed by atoms with E-state index in [1.165, 1.54) is 5.69 Å². The third kappa shape index (κ3) is 2.44.